The molecule has 2 rings (SSSR count). The fraction of sp³-hybridized carbons (Fsp3) is 0.500. The third kappa shape index (κ3) is 2.46. The Balaban J connectivity index is 2.33. The molecule has 5 nitrogen and oxygen atoms in total. The van der Waals surface area contributed by atoms with Gasteiger partial charge in [-0.3, -0.25) is 0 Å². The molecule has 0 aromatic carbocycles. The van der Waals surface area contributed by atoms with E-state index in [1.165, 1.54) is 16.6 Å². The summed E-state index contributed by atoms with van der Waals surface area (Å²) in [5, 5.41) is -0.519. The molecular formula is C10H14FN3O2S. The first kappa shape index (κ1) is 12.4. The lowest BCUT2D eigenvalue weighted by molar-refractivity contribution is 0.314. The lowest BCUT2D eigenvalue weighted by Crippen LogP contribution is -2.46. The highest BCUT2D eigenvalue weighted by molar-refractivity contribution is 7.89. The second kappa shape index (κ2) is 4.67. The average Bonchev–Trinajstić information content (AvgIpc) is 2.29. The van der Waals surface area contributed by atoms with Crippen LogP contribution in [0.2, 0.25) is 0 Å². The van der Waals surface area contributed by atoms with Crippen LogP contribution in [-0.4, -0.2) is 36.8 Å². The van der Waals surface area contributed by atoms with Crippen LogP contribution >= 0.6 is 0 Å². The number of rotatable bonds is 2. The summed E-state index contributed by atoms with van der Waals surface area (Å²) in [5.41, 5.74) is 5.72. The van der Waals surface area contributed by atoms with Gasteiger partial charge >= 0.3 is 0 Å². The number of hydrogen-bond donors (Lipinski definition) is 1. The molecule has 7 heteroatoms. The van der Waals surface area contributed by atoms with Crippen molar-refractivity contribution in [3.63, 3.8) is 0 Å². The zero-order valence-electron chi connectivity index (χ0n) is 9.21. The Morgan fingerprint density at radius 2 is 2.29 bits per heavy atom. The van der Waals surface area contributed by atoms with Gasteiger partial charge in [0.25, 0.3) is 10.0 Å². The summed E-state index contributed by atoms with van der Waals surface area (Å²) in [5.74, 6) is -0.827. The van der Waals surface area contributed by atoms with Crippen LogP contribution in [0.3, 0.4) is 0 Å². The Morgan fingerprint density at radius 1 is 1.53 bits per heavy atom. The quantitative estimate of drug-likeness (QED) is 0.830. The summed E-state index contributed by atoms with van der Waals surface area (Å²) in [7, 11) is -3.86. The van der Waals surface area contributed by atoms with Gasteiger partial charge in [-0.2, -0.15) is 4.31 Å². The molecule has 0 aliphatic carbocycles. The SMILES string of the molecule is NC1CCCN(S(=O)(=O)c2ncccc2F)C1. The predicted octanol–water partition coefficient (Wildman–Crippen LogP) is 0.333. The molecule has 1 fully saturated rings. The molecule has 0 saturated carbocycles. The summed E-state index contributed by atoms with van der Waals surface area (Å²) >= 11 is 0. The normalized spacial score (nSPS) is 22.6. The van der Waals surface area contributed by atoms with Gasteiger partial charge < -0.3 is 5.73 Å². The molecular weight excluding hydrogens is 245 g/mol. The molecule has 1 aromatic rings. The Kier molecular flexibility index (Phi) is 3.41. The van der Waals surface area contributed by atoms with E-state index in [9.17, 15) is 12.8 Å². The lowest BCUT2D eigenvalue weighted by atomic mass is 10.1. The smallest absolute Gasteiger partial charge is 0.263 e. The zero-order valence-corrected chi connectivity index (χ0v) is 10.0. The monoisotopic (exact) mass is 259 g/mol. The molecule has 2 heterocycles. The number of sulfonamides is 1. The molecule has 2 N–H and O–H groups in total. The summed E-state index contributed by atoms with van der Waals surface area (Å²) < 4.78 is 38.9. The van der Waals surface area contributed by atoms with Gasteiger partial charge in [-0.15, -0.1) is 0 Å². The third-order valence-electron chi connectivity index (χ3n) is 2.73. The molecule has 1 unspecified atom stereocenters. The molecule has 1 saturated heterocycles. The lowest BCUT2D eigenvalue weighted by Gasteiger charge is -2.29. The van der Waals surface area contributed by atoms with Crippen LogP contribution < -0.4 is 5.73 Å². The highest BCUT2D eigenvalue weighted by Crippen LogP contribution is 2.20. The van der Waals surface area contributed by atoms with Gasteiger partial charge in [-0.1, -0.05) is 0 Å². The van der Waals surface area contributed by atoms with Gasteiger partial charge in [0.2, 0.25) is 5.03 Å². The Labute approximate surface area is 99.5 Å². The van der Waals surface area contributed by atoms with Gasteiger partial charge in [0, 0.05) is 25.3 Å². The summed E-state index contributed by atoms with van der Waals surface area (Å²) in [4.78, 5) is 3.60. The largest absolute Gasteiger partial charge is 0.327 e. The molecule has 17 heavy (non-hydrogen) atoms. The first-order chi connectivity index (χ1) is 8.01. The number of pyridine rings is 1. The number of piperidine rings is 1. The van der Waals surface area contributed by atoms with Crippen LogP contribution in [-0.2, 0) is 10.0 Å². The summed E-state index contributed by atoms with van der Waals surface area (Å²) in [6.45, 7) is 0.588. The van der Waals surface area contributed by atoms with Crippen LogP contribution in [0.25, 0.3) is 0 Å². The van der Waals surface area contributed by atoms with E-state index >= 15 is 0 Å². The van der Waals surface area contributed by atoms with Crippen LogP contribution in [0.15, 0.2) is 23.4 Å². The summed E-state index contributed by atoms with van der Waals surface area (Å²) in [6.07, 6.45) is 2.74. The van der Waals surface area contributed by atoms with Crippen molar-refractivity contribution in [1.82, 2.24) is 9.29 Å². The van der Waals surface area contributed by atoms with Crippen molar-refractivity contribution >= 4 is 10.0 Å². The summed E-state index contributed by atoms with van der Waals surface area (Å²) in [6, 6.07) is 2.25. The maximum absolute atomic E-state index is 13.4. The van der Waals surface area contributed by atoms with Gasteiger partial charge in [0.1, 0.15) is 0 Å². The Morgan fingerprint density at radius 3 is 2.94 bits per heavy atom. The molecule has 1 atom stereocenters. The highest BCUT2D eigenvalue weighted by Gasteiger charge is 2.31. The van der Waals surface area contributed by atoms with E-state index in [1.807, 2.05) is 0 Å². The van der Waals surface area contributed by atoms with Crippen LogP contribution in [0.1, 0.15) is 12.8 Å². The van der Waals surface area contributed by atoms with E-state index in [-0.39, 0.29) is 12.6 Å². The van der Waals surface area contributed by atoms with E-state index in [0.29, 0.717) is 13.0 Å². The average molecular weight is 259 g/mol. The van der Waals surface area contributed by atoms with Crippen LogP contribution in [0.4, 0.5) is 4.39 Å². The first-order valence-corrected chi connectivity index (χ1v) is 6.82. The van der Waals surface area contributed by atoms with Crippen molar-refractivity contribution in [2.75, 3.05) is 13.1 Å². The minimum absolute atomic E-state index is 0.190. The molecule has 94 valence electrons. The van der Waals surface area contributed by atoms with Crippen molar-refractivity contribution in [3.8, 4) is 0 Å². The third-order valence-corrected chi connectivity index (χ3v) is 4.53. The Hall–Kier alpha value is -1.05. The fourth-order valence-corrected chi connectivity index (χ4v) is 3.39. The predicted molar refractivity (Wildman–Crippen MR) is 60.2 cm³/mol. The van der Waals surface area contributed by atoms with E-state index in [2.05, 4.69) is 4.98 Å². The molecule has 0 amide bonds. The number of nitrogens with zero attached hydrogens (tertiary/aromatic N) is 2. The molecule has 1 aliphatic heterocycles. The minimum atomic E-state index is -3.86. The van der Waals surface area contributed by atoms with Crippen molar-refractivity contribution < 1.29 is 12.8 Å². The fourth-order valence-electron chi connectivity index (χ4n) is 1.88. The molecule has 1 aromatic heterocycles. The first-order valence-electron chi connectivity index (χ1n) is 5.38. The molecule has 0 radical (unpaired) electrons. The van der Waals surface area contributed by atoms with Crippen molar-refractivity contribution in [3.05, 3.63) is 24.1 Å². The maximum atomic E-state index is 13.4. The maximum Gasteiger partial charge on any atom is 0.263 e. The molecule has 1 aliphatic rings. The number of hydrogen-bond acceptors (Lipinski definition) is 4. The van der Waals surface area contributed by atoms with E-state index in [4.69, 9.17) is 5.73 Å². The second-order valence-corrected chi connectivity index (χ2v) is 5.91. The highest BCUT2D eigenvalue weighted by atomic mass is 32.2. The number of halogens is 1. The Bertz CT molecular complexity index is 506. The molecule has 0 spiro atoms. The van der Waals surface area contributed by atoms with Crippen LogP contribution in [0, 0.1) is 5.82 Å². The number of aromatic nitrogens is 1. The van der Waals surface area contributed by atoms with Crippen molar-refractivity contribution in [2.24, 2.45) is 5.73 Å². The van der Waals surface area contributed by atoms with Gasteiger partial charge in [0.05, 0.1) is 0 Å². The van der Waals surface area contributed by atoms with E-state index in [0.717, 1.165) is 12.5 Å². The number of nitrogens with two attached hydrogens (primary N) is 1. The van der Waals surface area contributed by atoms with Crippen molar-refractivity contribution in [2.45, 2.75) is 23.9 Å². The standard InChI is InChI=1S/C10H14FN3O2S/c11-9-4-1-5-13-10(9)17(15,16)14-6-2-3-8(12)7-14/h1,4-5,8H,2-3,6-7,12H2. The van der Waals surface area contributed by atoms with Gasteiger partial charge in [-0.25, -0.2) is 17.8 Å². The van der Waals surface area contributed by atoms with E-state index in [1.54, 1.807) is 0 Å². The van der Waals surface area contributed by atoms with Gasteiger partial charge in [0.15, 0.2) is 5.82 Å². The second-order valence-electron chi connectivity index (χ2n) is 4.06. The van der Waals surface area contributed by atoms with E-state index < -0.39 is 20.9 Å². The molecule has 0 bridgehead atoms. The minimum Gasteiger partial charge on any atom is -0.327 e. The van der Waals surface area contributed by atoms with Crippen molar-refractivity contribution in [1.29, 1.82) is 0 Å². The van der Waals surface area contributed by atoms with Crippen LogP contribution in [0.5, 0.6) is 0 Å². The van der Waals surface area contributed by atoms with Gasteiger partial charge in [-0.05, 0) is 25.0 Å². The topological polar surface area (TPSA) is 76.3 Å². The zero-order chi connectivity index (χ0) is 12.5.